The Morgan fingerprint density at radius 1 is 1.23 bits per heavy atom. The molecule has 0 rings (SSSR count). The van der Waals surface area contributed by atoms with Gasteiger partial charge in [-0.1, -0.05) is 0 Å². The number of nitriles is 1. The van der Waals surface area contributed by atoms with Gasteiger partial charge >= 0.3 is 11.9 Å². The van der Waals surface area contributed by atoms with Gasteiger partial charge in [0.2, 0.25) is 11.8 Å². The molecule has 0 heterocycles. The molecule has 0 bridgehead atoms. The molecule has 0 aliphatic heterocycles. The summed E-state index contributed by atoms with van der Waals surface area (Å²) in [5, 5.41) is 27.9. The number of rotatable bonds is 9. The summed E-state index contributed by atoms with van der Waals surface area (Å²) >= 11 is 3.87. The molecule has 0 aromatic carbocycles. The maximum Gasteiger partial charge on any atom is 0.322 e. The van der Waals surface area contributed by atoms with Crippen molar-refractivity contribution in [2.45, 2.75) is 24.9 Å². The van der Waals surface area contributed by atoms with Crippen LogP contribution in [0.1, 0.15) is 12.8 Å². The monoisotopic (exact) mass is 334 g/mol. The number of aliphatic carboxylic acids is 2. The molecule has 10 nitrogen and oxygen atoms in total. The van der Waals surface area contributed by atoms with Crippen molar-refractivity contribution in [1.82, 2.24) is 10.6 Å². The summed E-state index contributed by atoms with van der Waals surface area (Å²) in [5.74, 6) is -3.70. The van der Waals surface area contributed by atoms with E-state index in [1.807, 2.05) is 0 Å². The van der Waals surface area contributed by atoms with Gasteiger partial charge in [-0.3, -0.25) is 19.2 Å². The molecule has 0 aromatic heterocycles. The second-order valence-corrected chi connectivity index (χ2v) is 4.26. The van der Waals surface area contributed by atoms with Crippen molar-refractivity contribution in [3.8, 4) is 6.57 Å². The minimum atomic E-state index is -1.22. The predicted molar refractivity (Wildman–Crippen MR) is 77.9 cm³/mol. The van der Waals surface area contributed by atoms with Gasteiger partial charge in [0.15, 0.2) is 0 Å². The highest BCUT2D eigenvalue weighted by Gasteiger charge is 2.20. The van der Waals surface area contributed by atoms with Gasteiger partial charge in [-0.2, -0.15) is 12.6 Å². The number of hydrogen-bond donors (Lipinski definition) is 6. The average molecular weight is 334 g/mol. The third kappa shape index (κ3) is 10.5. The number of carbonyl (C=O) groups excluding carboxylic acids is 2. The predicted octanol–water partition coefficient (Wildman–Crippen LogP) is -2.07. The maximum absolute atomic E-state index is 11.5. The van der Waals surface area contributed by atoms with Crippen LogP contribution in [-0.4, -0.2) is 58.3 Å². The third-order valence-corrected chi connectivity index (χ3v) is 2.61. The van der Waals surface area contributed by atoms with Crippen LogP contribution >= 0.6 is 12.6 Å². The number of nitrogens with one attached hydrogen (secondary N) is 2. The number of carbonyl (C=O) groups is 4. The van der Waals surface area contributed by atoms with Crippen molar-refractivity contribution in [3.05, 3.63) is 0 Å². The SMILES string of the molecule is C#N.N[C@@H](CCC(=O)N[C@@H](CS)C(=O)NCC(=O)O)C(=O)O. The lowest BCUT2D eigenvalue weighted by Crippen LogP contribution is -2.49. The number of carboxylic acids is 2. The average Bonchev–Trinajstić information content (AvgIpc) is 2.49. The first-order chi connectivity index (χ1) is 10.3. The lowest BCUT2D eigenvalue weighted by molar-refractivity contribution is -0.139. The Bertz CT molecular complexity index is 428. The van der Waals surface area contributed by atoms with E-state index in [0.29, 0.717) is 0 Å². The summed E-state index contributed by atoms with van der Waals surface area (Å²) in [6, 6.07) is -2.15. The van der Waals surface area contributed by atoms with Crippen molar-refractivity contribution in [1.29, 1.82) is 5.26 Å². The second-order valence-electron chi connectivity index (χ2n) is 3.90. The van der Waals surface area contributed by atoms with Crippen molar-refractivity contribution < 1.29 is 29.4 Å². The van der Waals surface area contributed by atoms with E-state index in [4.69, 9.17) is 21.2 Å². The van der Waals surface area contributed by atoms with Crippen LogP contribution in [-0.2, 0) is 19.2 Å². The fourth-order valence-electron chi connectivity index (χ4n) is 1.16. The zero-order valence-corrected chi connectivity index (χ0v) is 12.5. The zero-order valence-electron chi connectivity index (χ0n) is 11.6. The number of hydrogen-bond acceptors (Lipinski definition) is 7. The molecule has 2 atom stereocenters. The van der Waals surface area contributed by atoms with Crippen LogP contribution in [0.25, 0.3) is 0 Å². The molecule has 2 amide bonds. The van der Waals surface area contributed by atoms with Gasteiger partial charge < -0.3 is 26.6 Å². The fraction of sp³-hybridized carbons (Fsp3) is 0.545. The third-order valence-electron chi connectivity index (χ3n) is 2.25. The van der Waals surface area contributed by atoms with Gasteiger partial charge in [-0.15, -0.1) is 0 Å². The molecule has 124 valence electrons. The Hall–Kier alpha value is -2.32. The van der Waals surface area contributed by atoms with E-state index in [-0.39, 0.29) is 18.6 Å². The first-order valence-electron chi connectivity index (χ1n) is 5.91. The van der Waals surface area contributed by atoms with Crippen LogP contribution in [0.3, 0.4) is 0 Å². The van der Waals surface area contributed by atoms with Crippen LogP contribution in [0, 0.1) is 11.8 Å². The Balaban J connectivity index is 0. The quantitative estimate of drug-likeness (QED) is 0.260. The summed E-state index contributed by atoms with van der Waals surface area (Å²) in [6.45, 7) is 2.93. The van der Waals surface area contributed by atoms with Crippen LogP contribution in [0.4, 0.5) is 0 Å². The lowest BCUT2D eigenvalue weighted by Gasteiger charge is -2.16. The molecule has 0 unspecified atom stereocenters. The summed E-state index contributed by atoms with van der Waals surface area (Å²) in [4.78, 5) is 43.7. The van der Waals surface area contributed by atoms with Gasteiger partial charge in [0.05, 0.1) is 0 Å². The van der Waals surface area contributed by atoms with Crippen molar-refractivity contribution in [2.24, 2.45) is 5.73 Å². The largest absolute Gasteiger partial charge is 0.480 e. The second kappa shape index (κ2) is 12.4. The Kier molecular flexibility index (Phi) is 12.4. The van der Waals surface area contributed by atoms with Crippen molar-refractivity contribution >= 4 is 36.4 Å². The van der Waals surface area contributed by atoms with Crippen molar-refractivity contribution in [3.63, 3.8) is 0 Å². The molecule has 0 aliphatic carbocycles. The van der Waals surface area contributed by atoms with E-state index < -0.39 is 42.4 Å². The van der Waals surface area contributed by atoms with Crippen molar-refractivity contribution in [2.75, 3.05) is 12.3 Å². The van der Waals surface area contributed by atoms with E-state index in [2.05, 4.69) is 29.8 Å². The standard InChI is InChI=1S/C10H17N3O6S.CHN/c11-5(10(18)19)1-2-7(14)13-6(4-20)9(17)12-3-8(15)16;1-2/h5-6,20H,1-4,11H2,(H,12,17)(H,13,14)(H,15,16)(H,18,19);1H/t5-,6-;/m0./s1. The highest BCUT2D eigenvalue weighted by molar-refractivity contribution is 7.80. The molecular weight excluding hydrogens is 316 g/mol. The van der Waals surface area contributed by atoms with Gasteiger partial charge in [0.25, 0.3) is 0 Å². The molecule has 0 saturated carbocycles. The molecule has 0 saturated heterocycles. The van der Waals surface area contributed by atoms with Crippen LogP contribution in [0.2, 0.25) is 0 Å². The van der Waals surface area contributed by atoms with E-state index in [1.54, 1.807) is 0 Å². The number of nitrogens with zero attached hydrogens (tertiary/aromatic N) is 1. The summed E-state index contributed by atoms with van der Waals surface area (Å²) < 4.78 is 0. The summed E-state index contributed by atoms with van der Waals surface area (Å²) in [5.41, 5.74) is 5.23. The van der Waals surface area contributed by atoms with E-state index in [9.17, 15) is 19.2 Å². The molecule has 0 fully saturated rings. The lowest BCUT2D eigenvalue weighted by atomic mass is 10.1. The highest BCUT2D eigenvalue weighted by Crippen LogP contribution is 1.97. The molecule has 22 heavy (non-hydrogen) atoms. The zero-order chi connectivity index (χ0) is 17.7. The first-order valence-corrected chi connectivity index (χ1v) is 6.55. The van der Waals surface area contributed by atoms with E-state index in [0.717, 1.165) is 0 Å². The molecular formula is C11H18N4O6S. The molecule has 0 aromatic rings. The number of thiol groups is 1. The van der Waals surface area contributed by atoms with Crippen LogP contribution in [0.15, 0.2) is 0 Å². The van der Waals surface area contributed by atoms with Gasteiger partial charge in [0.1, 0.15) is 18.6 Å². The summed E-state index contributed by atoms with van der Waals surface area (Å²) in [7, 11) is 0. The van der Waals surface area contributed by atoms with Crippen LogP contribution in [0.5, 0.6) is 0 Å². The smallest absolute Gasteiger partial charge is 0.322 e. The first kappa shape index (κ1) is 22.0. The number of amides is 2. The normalized spacial score (nSPS) is 12.0. The van der Waals surface area contributed by atoms with E-state index >= 15 is 0 Å². The topological polar surface area (TPSA) is 183 Å². The molecule has 0 radical (unpaired) electrons. The van der Waals surface area contributed by atoms with Gasteiger partial charge in [0, 0.05) is 18.7 Å². The molecule has 6 N–H and O–H groups in total. The van der Waals surface area contributed by atoms with Gasteiger partial charge in [-0.25, -0.2) is 5.26 Å². The van der Waals surface area contributed by atoms with E-state index in [1.165, 1.54) is 0 Å². The minimum Gasteiger partial charge on any atom is -0.480 e. The minimum absolute atomic E-state index is 0.0256. The Morgan fingerprint density at radius 2 is 1.77 bits per heavy atom. The summed E-state index contributed by atoms with van der Waals surface area (Å²) in [6.07, 6.45) is -0.235. The number of nitrogens with two attached hydrogens (primary N) is 1. The maximum atomic E-state index is 11.5. The Labute approximate surface area is 132 Å². The van der Waals surface area contributed by atoms with Crippen LogP contribution < -0.4 is 16.4 Å². The highest BCUT2D eigenvalue weighted by atomic mass is 32.1. The van der Waals surface area contributed by atoms with Gasteiger partial charge in [-0.05, 0) is 6.42 Å². The Morgan fingerprint density at radius 3 is 2.18 bits per heavy atom. The number of carboxylic acid groups (broad SMARTS) is 2. The molecule has 11 heteroatoms. The molecule has 0 aliphatic rings. The fourth-order valence-corrected chi connectivity index (χ4v) is 1.41. The molecule has 0 spiro atoms.